The van der Waals surface area contributed by atoms with E-state index in [1.54, 1.807) is 6.20 Å². The number of amides is 1. The van der Waals surface area contributed by atoms with Crippen molar-refractivity contribution in [2.75, 3.05) is 6.54 Å². The van der Waals surface area contributed by atoms with Gasteiger partial charge in [0.15, 0.2) is 0 Å². The monoisotopic (exact) mass is 424 g/mol. The summed E-state index contributed by atoms with van der Waals surface area (Å²) < 4.78 is 0. The normalized spacial score (nSPS) is 15.2. The zero-order chi connectivity index (χ0) is 21.9. The number of hydrogen-bond donors (Lipinski definition) is 1. The van der Waals surface area contributed by atoms with Gasteiger partial charge in [0.2, 0.25) is 5.82 Å². The Bertz CT molecular complexity index is 1220. The van der Waals surface area contributed by atoms with Crippen LogP contribution in [0.15, 0.2) is 66.9 Å². The Balaban J connectivity index is 1.42. The lowest BCUT2D eigenvalue weighted by Crippen LogP contribution is -2.30. The van der Waals surface area contributed by atoms with E-state index in [0.29, 0.717) is 5.82 Å². The first kappa shape index (κ1) is 20.1. The van der Waals surface area contributed by atoms with Crippen molar-refractivity contribution in [3.8, 4) is 22.5 Å². The molecule has 160 valence electrons. The van der Waals surface area contributed by atoms with Crippen LogP contribution in [-0.2, 0) is 6.42 Å². The Kier molecular flexibility index (Phi) is 5.46. The lowest BCUT2D eigenvalue weighted by Gasteiger charge is -2.25. The number of hydrogen-bond acceptors (Lipinski definition) is 5. The predicted molar refractivity (Wildman–Crippen MR) is 122 cm³/mol. The minimum atomic E-state index is -0.0253. The van der Waals surface area contributed by atoms with Crippen molar-refractivity contribution in [2.45, 2.75) is 32.2 Å². The number of fused-ring (bicyclic) bond motifs is 1. The molecule has 1 aliphatic heterocycles. The molecule has 1 unspecified atom stereocenters. The van der Waals surface area contributed by atoms with Crippen LogP contribution >= 0.6 is 0 Å². The molecule has 1 amide bonds. The average molecular weight is 425 g/mol. The average Bonchev–Trinajstić information content (AvgIpc) is 3.46. The lowest BCUT2D eigenvalue weighted by atomic mass is 9.96. The van der Waals surface area contributed by atoms with Crippen LogP contribution in [-0.4, -0.2) is 43.0 Å². The molecule has 32 heavy (non-hydrogen) atoms. The number of benzene rings is 2. The van der Waals surface area contributed by atoms with Crippen LogP contribution in [0, 0.1) is 0 Å². The van der Waals surface area contributed by atoms with Gasteiger partial charge in [-0.25, -0.2) is 0 Å². The molecule has 0 spiro atoms. The summed E-state index contributed by atoms with van der Waals surface area (Å²) in [5.74, 6) is 0.667. The summed E-state index contributed by atoms with van der Waals surface area (Å²) >= 11 is 0. The van der Waals surface area contributed by atoms with Crippen LogP contribution < -0.4 is 0 Å². The summed E-state index contributed by atoms with van der Waals surface area (Å²) in [7, 11) is 0. The van der Waals surface area contributed by atoms with E-state index in [0.717, 1.165) is 53.8 Å². The van der Waals surface area contributed by atoms with E-state index in [1.165, 1.54) is 5.56 Å². The largest absolute Gasteiger partial charge is 0.330 e. The summed E-state index contributed by atoms with van der Waals surface area (Å²) in [6.07, 6.45) is 4.56. The van der Waals surface area contributed by atoms with Gasteiger partial charge >= 0.3 is 0 Å². The molecule has 0 saturated carbocycles. The number of H-pyrrole nitrogens is 1. The molecular formula is C25H24N6O. The van der Waals surface area contributed by atoms with E-state index in [1.807, 2.05) is 35.2 Å². The Labute approximate surface area is 186 Å². The van der Waals surface area contributed by atoms with Gasteiger partial charge in [-0.2, -0.15) is 5.21 Å². The highest BCUT2D eigenvalue weighted by atomic mass is 16.2. The lowest BCUT2D eigenvalue weighted by molar-refractivity contribution is 0.0721. The van der Waals surface area contributed by atoms with E-state index < -0.39 is 0 Å². The van der Waals surface area contributed by atoms with E-state index in [9.17, 15) is 4.79 Å². The second kappa shape index (κ2) is 8.70. The van der Waals surface area contributed by atoms with E-state index in [4.69, 9.17) is 0 Å². The quantitative estimate of drug-likeness (QED) is 0.473. The number of carbonyl (C=O) groups is 1. The highest BCUT2D eigenvalue weighted by Crippen LogP contribution is 2.35. The van der Waals surface area contributed by atoms with Gasteiger partial charge in [-0.05, 0) is 46.9 Å². The molecule has 2 aromatic heterocycles. The SMILES string of the molecule is CCCCN1C(=O)c2cccnc2C1Cc1ccc(-c2ccccc2-c2nn[nH]n2)cc1. The third kappa shape index (κ3) is 3.66. The van der Waals surface area contributed by atoms with Crippen LogP contribution in [0.1, 0.15) is 47.4 Å². The molecule has 5 rings (SSSR count). The first-order valence-corrected chi connectivity index (χ1v) is 10.9. The van der Waals surface area contributed by atoms with Crippen molar-refractivity contribution in [3.63, 3.8) is 0 Å². The number of unbranched alkanes of at least 4 members (excludes halogenated alkanes) is 1. The van der Waals surface area contributed by atoms with Crippen LogP contribution in [0.25, 0.3) is 22.5 Å². The summed E-state index contributed by atoms with van der Waals surface area (Å²) in [6, 6.07) is 20.2. The minimum Gasteiger partial charge on any atom is -0.330 e. The number of aromatic amines is 1. The number of nitrogens with zero attached hydrogens (tertiary/aromatic N) is 5. The Hall–Kier alpha value is -3.87. The third-order valence-electron chi connectivity index (χ3n) is 5.98. The predicted octanol–water partition coefficient (Wildman–Crippen LogP) is 4.47. The maximum atomic E-state index is 13.0. The van der Waals surface area contributed by atoms with E-state index in [-0.39, 0.29) is 11.9 Å². The first-order chi connectivity index (χ1) is 15.8. The molecule has 0 bridgehead atoms. The molecule has 0 saturated heterocycles. The first-order valence-electron chi connectivity index (χ1n) is 10.9. The zero-order valence-electron chi connectivity index (χ0n) is 17.9. The van der Waals surface area contributed by atoms with Crippen LogP contribution in [0.4, 0.5) is 0 Å². The smallest absolute Gasteiger partial charge is 0.256 e. The molecule has 0 radical (unpaired) electrons. The summed E-state index contributed by atoms with van der Waals surface area (Å²) in [5, 5.41) is 14.5. The molecule has 1 atom stereocenters. The molecular weight excluding hydrogens is 400 g/mol. The number of tetrazole rings is 1. The van der Waals surface area contributed by atoms with Crippen molar-refractivity contribution in [3.05, 3.63) is 83.7 Å². The fraction of sp³-hybridized carbons (Fsp3) is 0.240. The van der Waals surface area contributed by atoms with Gasteiger partial charge in [0.25, 0.3) is 5.91 Å². The number of pyridine rings is 1. The molecule has 7 heteroatoms. The molecule has 3 heterocycles. The van der Waals surface area contributed by atoms with Crippen molar-refractivity contribution >= 4 is 5.91 Å². The molecule has 7 nitrogen and oxygen atoms in total. The van der Waals surface area contributed by atoms with Crippen LogP contribution in [0.3, 0.4) is 0 Å². The number of nitrogens with one attached hydrogen (secondary N) is 1. The summed E-state index contributed by atoms with van der Waals surface area (Å²) in [6.45, 7) is 2.90. The van der Waals surface area contributed by atoms with Gasteiger partial charge in [-0.3, -0.25) is 9.78 Å². The highest BCUT2D eigenvalue weighted by molar-refractivity contribution is 5.98. The van der Waals surface area contributed by atoms with Crippen LogP contribution in [0.5, 0.6) is 0 Å². The zero-order valence-corrected chi connectivity index (χ0v) is 17.9. The van der Waals surface area contributed by atoms with E-state index in [2.05, 4.69) is 62.9 Å². The Morgan fingerprint density at radius 3 is 2.50 bits per heavy atom. The summed E-state index contributed by atoms with van der Waals surface area (Å²) in [4.78, 5) is 19.5. The van der Waals surface area contributed by atoms with Gasteiger partial charge in [0.05, 0.1) is 17.3 Å². The van der Waals surface area contributed by atoms with Gasteiger partial charge in [0, 0.05) is 18.3 Å². The number of carbonyl (C=O) groups excluding carboxylic acids is 1. The minimum absolute atomic E-state index is 0.0253. The van der Waals surface area contributed by atoms with Crippen molar-refractivity contribution in [2.24, 2.45) is 0 Å². The fourth-order valence-corrected chi connectivity index (χ4v) is 4.35. The van der Waals surface area contributed by atoms with Gasteiger partial charge in [-0.1, -0.05) is 61.9 Å². The Morgan fingerprint density at radius 1 is 0.969 bits per heavy atom. The topological polar surface area (TPSA) is 87.7 Å². The molecule has 4 aromatic rings. The number of aromatic nitrogens is 5. The van der Waals surface area contributed by atoms with E-state index >= 15 is 0 Å². The Morgan fingerprint density at radius 2 is 1.75 bits per heavy atom. The maximum Gasteiger partial charge on any atom is 0.256 e. The molecule has 2 aromatic carbocycles. The van der Waals surface area contributed by atoms with Crippen molar-refractivity contribution < 1.29 is 4.79 Å². The van der Waals surface area contributed by atoms with Gasteiger partial charge in [0.1, 0.15) is 0 Å². The summed E-state index contributed by atoms with van der Waals surface area (Å²) in [5.41, 5.74) is 5.85. The second-order valence-electron chi connectivity index (χ2n) is 7.99. The van der Waals surface area contributed by atoms with Crippen molar-refractivity contribution in [1.29, 1.82) is 0 Å². The fourth-order valence-electron chi connectivity index (χ4n) is 4.35. The standard InChI is InChI=1S/C25H24N6O/c1-2-3-15-31-22(23-21(25(31)32)9-6-14-26-23)16-17-10-12-18(13-11-17)19-7-4-5-8-20(19)24-27-29-30-28-24/h4-14,22H,2-3,15-16H2,1H3,(H,27,28,29,30). The maximum absolute atomic E-state index is 13.0. The third-order valence-corrected chi connectivity index (χ3v) is 5.98. The molecule has 0 fully saturated rings. The van der Waals surface area contributed by atoms with Gasteiger partial charge < -0.3 is 4.90 Å². The second-order valence-corrected chi connectivity index (χ2v) is 7.99. The molecule has 1 N–H and O–H groups in total. The van der Waals surface area contributed by atoms with Crippen LogP contribution in [0.2, 0.25) is 0 Å². The highest BCUT2D eigenvalue weighted by Gasteiger charge is 2.37. The molecule has 0 aliphatic carbocycles. The van der Waals surface area contributed by atoms with Crippen molar-refractivity contribution in [1.82, 2.24) is 30.5 Å². The molecule has 1 aliphatic rings. The van der Waals surface area contributed by atoms with Gasteiger partial charge in [-0.15, -0.1) is 10.2 Å². The number of rotatable bonds is 7.